The first-order chi connectivity index (χ1) is 10.9. The molecule has 6 nitrogen and oxygen atoms in total. The minimum atomic E-state index is 0.632. The van der Waals surface area contributed by atoms with Crippen molar-refractivity contribution in [2.45, 2.75) is 25.8 Å². The molecule has 0 bridgehead atoms. The summed E-state index contributed by atoms with van der Waals surface area (Å²) in [5.74, 6) is 2.34. The molecule has 22 heavy (non-hydrogen) atoms. The normalized spacial score (nSPS) is 16.7. The van der Waals surface area contributed by atoms with Crippen LogP contribution in [0.2, 0.25) is 0 Å². The van der Waals surface area contributed by atoms with Crippen LogP contribution in [0.4, 0.5) is 0 Å². The Labute approximate surface area is 132 Å². The molecule has 0 unspecified atom stereocenters. The van der Waals surface area contributed by atoms with Gasteiger partial charge in [0.05, 0.1) is 12.8 Å². The van der Waals surface area contributed by atoms with E-state index in [1.807, 2.05) is 12.1 Å². The van der Waals surface area contributed by atoms with Gasteiger partial charge in [-0.1, -0.05) is 0 Å². The number of ether oxygens (including phenoxy) is 2. The van der Waals surface area contributed by atoms with Gasteiger partial charge in [-0.3, -0.25) is 4.99 Å². The third kappa shape index (κ3) is 6.49. The Morgan fingerprint density at radius 2 is 2.23 bits per heavy atom. The quantitative estimate of drug-likeness (QED) is 0.435. The first kappa shape index (κ1) is 16.8. The molecule has 1 aromatic heterocycles. The number of guanidine groups is 1. The van der Waals surface area contributed by atoms with E-state index >= 15 is 0 Å². The molecular formula is C16H27N3O3. The van der Waals surface area contributed by atoms with Gasteiger partial charge in [-0.2, -0.15) is 0 Å². The van der Waals surface area contributed by atoms with Crippen LogP contribution >= 0.6 is 0 Å². The second-order valence-corrected chi connectivity index (χ2v) is 5.42. The highest BCUT2D eigenvalue weighted by atomic mass is 16.5. The zero-order chi connectivity index (χ0) is 15.5. The SMILES string of the molecule is CN=C(NCCCOCC1CCOCC1)NCc1ccco1. The van der Waals surface area contributed by atoms with E-state index in [4.69, 9.17) is 13.9 Å². The van der Waals surface area contributed by atoms with Crippen molar-refractivity contribution in [2.24, 2.45) is 10.9 Å². The lowest BCUT2D eigenvalue weighted by Gasteiger charge is -2.21. The Morgan fingerprint density at radius 1 is 1.36 bits per heavy atom. The number of hydrogen-bond donors (Lipinski definition) is 2. The minimum Gasteiger partial charge on any atom is -0.467 e. The summed E-state index contributed by atoms with van der Waals surface area (Å²) < 4.78 is 16.3. The van der Waals surface area contributed by atoms with Crippen molar-refractivity contribution in [3.05, 3.63) is 24.2 Å². The Hall–Kier alpha value is -1.53. The number of nitrogens with one attached hydrogen (secondary N) is 2. The fourth-order valence-electron chi connectivity index (χ4n) is 2.35. The standard InChI is InChI=1S/C16H27N3O3/c1-17-16(19-12-15-4-2-9-22-15)18-7-3-8-21-13-14-5-10-20-11-6-14/h2,4,9,14H,3,5-8,10-13H2,1H3,(H2,17,18,19). The van der Waals surface area contributed by atoms with Crippen molar-refractivity contribution in [1.82, 2.24) is 10.6 Å². The molecule has 1 aromatic rings. The van der Waals surface area contributed by atoms with Crippen LogP contribution in [0.5, 0.6) is 0 Å². The monoisotopic (exact) mass is 309 g/mol. The highest BCUT2D eigenvalue weighted by molar-refractivity contribution is 5.79. The molecule has 2 rings (SSSR count). The lowest BCUT2D eigenvalue weighted by Crippen LogP contribution is -2.37. The Bertz CT molecular complexity index is 414. The van der Waals surface area contributed by atoms with Crippen molar-refractivity contribution in [1.29, 1.82) is 0 Å². The van der Waals surface area contributed by atoms with Crippen molar-refractivity contribution < 1.29 is 13.9 Å². The fourth-order valence-corrected chi connectivity index (χ4v) is 2.35. The van der Waals surface area contributed by atoms with E-state index in [9.17, 15) is 0 Å². The highest BCUT2D eigenvalue weighted by Gasteiger charge is 2.13. The maximum atomic E-state index is 5.74. The maximum Gasteiger partial charge on any atom is 0.191 e. The van der Waals surface area contributed by atoms with Crippen LogP contribution in [0.1, 0.15) is 25.0 Å². The fraction of sp³-hybridized carbons (Fsp3) is 0.688. The van der Waals surface area contributed by atoms with Crippen LogP contribution in [0.15, 0.2) is 27.8 Å². The molecule has 0 aromatic carbocycles. The second kappa shape index (κ2) is 10.2. The van der Waals surface area contributed by atoms with Gasteiger partial charge in [0.25, 0.3) is 0 Å². The molecule has 1 aliphatic heterocycles. The lowest BCUT2D eigenvalue weighted by molar-refractivity contribution is 0.0203. The summed E-state index contributed by atoms with van der Waals surface area (Å²) in [4.78, 5) is 4.18. The number of aliphatic imine (C=N–C) groups is 1. The summed E-state index contributed by atoms with van der Waals surface area (Å²) in [6, 6.07) is 3.81. The van der Waals surface area contributed by atoms with Crippen LogP contribution in [0.3, 0.4) is 0 Å². The zero-order valence-electron chi connectivity index (χ0n) is 13.3. The van der Waals surface area contributed by atoms with Crippen LogP contribution < -0.4 is 10.6 Å². The number of nitrogens with zero attached hydrogens (tertiary/aromatic N) is 1. The Balaban J connectivity index is 1.47. The summed E-state index contributed by atoms with van der Waals surface area (Å²) in [6.07, 6.45) is 4.89. The predicted molar refractivity (Wildman–Crippen MR) is 85.9 cm³/mol. The van der Waals surface area contributed by atoms with Gasteiger partial charge in [0, 0.05) is 40.0 Å². The smallest absolute Gasteiger partial charge is 0.191 e. The highest BCUT2D eigenvalue weighted by Crippen LogP contribution is 2.14. The van der Waals surface area contributed by atoms with Gasteiger partial charge in [-0.25, -0.2) is 0 Å². The van der Waals surface area contributed by atoms with Gasteiger partial charge >= 0.3 is 0 Å². The van der Waals surface area contributed by atoms with Crippen molar-refractivity contribution in [3.8, 4) is 0 Å². The van der Waals surface area contributed by atoms with Crippen LogP contribution in [0, 0.1) is 5.92 Å². The van der Waals surface area contributed by atoms with Gasteiger partial charge in [-0.05, 0) is 37.3 Å². The van der Waals surface area contributed by atoms with Crippen LogP contribution in [0.25, 0.3) is 0 Å². The van der Waals surface area contributed by atoms with E-state index in [0.29, 0.717) is 12.5 Å². The number of rotatable bonds is 8. The van der Waals surface area contributed by atoms with Crippen molar-refractivity contribution in [2.75, 3.05) is 40.0 Å². The second-order valence-electron chi connectivity index (χ2n) is 5.42. The third-order valence-electron chi connectivity index (χ3n) is 3.69. The maximum absolute atomic E-state index is 5.74. The van der Waals surface area contributed by atoms with Crippen molar-refractivity contribution >= 4 is 5.96 Å². The molecule has 0 saturated carbocycles. The molecule has 6 heteroatoms. The number of hydrogen-bond acceptors (Lipinski definition) is 4. The molecule has 2 heterocycles. The topological polar surface area (TPSA) is 68.0 Å². The molecule has 0 radical (unpaired) electrons. The summed E-state index contributed by atoms with van der Waals surface area (Å²) >= 11 is 0. The van der Waals surface area contributed by atoms with E-state index in [-0.39, 0.29) is 0 Å². The zero-order valence-corrected chi connectivity index (χ0v) is 13.3. The lowest BCUT2D eigenvalue weighted by atomic mass is 10.0. The molecule has 0 aliphatic carbocycles. The van der Waals surface area contributed by atoms with Crippen LogP contribution in [-0.2, 0) is 16.0 Å². The summed E-state index contributed by atoms with van der Waals surface area (Å²) in [5, 5.41) is 6.47. The summed E-state index contributed by atoms with van der Waals surface area (Å²) in [6.45, 7) is 4.87. The van der Waals surface area contributed by atoms with Crippen LogP contribution in [-0.4, -0.2) is 46.0 Å². The van der Waals surface area contributed by atoms with Gasteiger partial charge in [-0.15, -0.1) is 0 Å². The third-order valence-corrected chi connectivity index (χ3v) is 3.69. The predicted octanol–water partition coefficient (Wildman–Crippen LogP) is 1.78. The van der Waals surface area contributed by atoms with E-state index in [1.165, 1.54) is 0 Å². The molecular weight excluding hydrogens is 282 g/mol. The van der Waals surface area contributed by atoms with E-state index < -0.39 is 0 Å². The average molecular weight is 309 g/mol. The van der Waals surface area contributed by atoms with E-state index in [0.717, 1.165) is 64.0 Å². The molecule has 0 atom stereocenters. The molecule has 1 fully saturated rings. The molecule has 2 N–H and O–H groups in total. The first-order valence-corrected chi connectivity index (χ1v) is 8.01. The van der Waals surface area contributed by atoms with E-state index in [1.54, 1.807) is 13.3 Å². The Kier molecular flexibility index (Phi) is 7.83. The van der Waals surface area contributed by atoms with Gasteiger partial charge in [0.1, 0.15) is 5.76 Å². The summed E-state index contributed by atoms with van der Waals surface area (Å²) in [7, 11) is 1.76. The summed E-state index contributed by atoms with van der Waals surface area (Å²) in [5.41, 5.74) is 0. The van der Waals surface area contributed by atoms with Gasteiger partial charge in [0.15, 0.2) is 5.96 Å². The van der Waals surface area contributed by atoms with Gasteiger partial charge in [0.2, 0.25) is 0 Å². The Morgan fingerprint density at radius 3 is 2.95 bits per heavy atom. The first-order valence-electron chi connectivity index (χ1n) is 8.01. The van der Waals surface area contributed by atoms with E-state index in [2.05, 4.69) is 15.6 Å². The molecule has 1 saturated heterocycles. The number of furan rings is 1. The van der Waals surface area contributed by atoms with Crippen molar-refractivity contribution in [3.63, 3.8) is 0 Å². The minimum absolute atomic E-state index is 0.632. The average Bonchev–Trinajstić information content (AvgIpc) is 3.08. The molecule has 0 spiro atoms. The largest absolute Gasteiger partial charge is 0.467 e. The molecule has 124 valence electrons. The van der Waals surface area contributed by atoms with Gasteiger partial charge < -0.3 is 24.5 Å². The molecule has 0 amide bonds. The molecule has 1 aliphatic rings.